The van der Waals surface area contributed by atoms with Crippen molar-refractivity contribution >= 4 is 6.03 Å². The van der Waals surface area contributed by atoms with Gasteiger partial charge in [0.05, 0.1) is 0 Å². The van der Waals surface area contributed by atoms with Crippen LogP contribution in [-0.2, 0) is 0 Å². The molecule has 2 amide bonds. The zero-order chi connectivity index (χ0) is 7.28. The second-order valence-corrected chi connectivity index (χ2v) is 1.81. The molecule has 0 bridgehead atoms. The summed E-state index contributed by atoms with van der Waals surface area (Å²) in [5, 5.41) is 0.306. The van der Waals surface area contributed by atoms with Crippen LogP contribution in [0.15, 0.2) is 0 Å². The summed E-state index contributed by atoms with van der Waals surface area (Å²) in [5.74, 6) is 9.14. The fourth-order valence-corrected chi connectivity index (χ4v) is 0. The fourth-order valence-electron chi connectivity index (χ4n) is 0. The number of hydrogen-bond acceptors (Lipinski definition) is 4. The first-order valence-electron chi connectivity index (χ1n) is 2.73. The van der Waals surface area contributed by atoms with Gasteiger partial charge in [0.1, 0.15) is 0 Å². The van der Waals surface area contributed by atoms with Crippen LogP contribution in [0.3, 0.4) is 0 Å². The van der Waals surface area contributed by atoms with Gasteiger partial charge in [-0.15, -0.1) is 0 Å². The number of nitrogens with zero attached hydrogens (tertiary/aromatic N) is 1. The third-order valence-electron chi connectivity index (χ3n) is 0.608. The van der Waals surface area contributed by atoms with Crippen LogP contribution >= 0.6 is 0 Å². The van der Waals surface area contributed by atoms with E-state index in [0.29, 0.717) is 5.12 Å². The molecule has 0 atom stereocenters. The van der Waals surface area contributed by atoms with Gasteiger partial charge >= 0.3 is 6.03 Å². The lowest BCUT2D eigenvalue weighted by atomic mass is 11.0. The molecular formula is C4H15N5O. The highest BCUT2D eigenvalue weighted by Gasteiger charge is 1.95. The third-order valence-corrected chi connectivity index (χ3v) is 0.608. The van der Waals surface area contributed by atoms with Crippen LogP contribution in [0.4, 0.5) is 4.79 Å². The molecule has 0 heterocycles. The summed E-state index contributed by atoms with van der Waals surface area (Å²) in [6.45, 7) is 0. The minimum atomic E-state index is -0.852. The van der Waals surface area contributed by atoms with Crippen molar-refractivity contribution in [2.24, 2.45) is 17.4 Å². The lowest BCUT2D eigenvalue weighted by Crippen LogP contribution is -2.46. The summed E-state index contributed by atoms with van der Waals surface area (Å²) in [7, 11) is 0. The Morgan fingerprint density at radius 2 is 1.40 bits per heavy atom. The van der Waals surface area contributed by atoms with Gasteiger partial charge in [-0.05, 0) is 0 Å². The smallest absolute Gasteiger partial charge is 0.343 e. The Morgan fingerprint density at radius 1 is 1.20 bits per heavy atom. The van der Waals surface area contributed by atoms with Gasteiger partial charge in [-0.25, -0.2) is 16.5 Å². The largest absolute Gasteiger partial charge is 0.349 e. The van der Waals surface area contributed by atoms with E-state index in [9.17, 15) is 4.79 Å². The van der Waals surface area contributed by atoms with Crippen molar-refractivity contribution in [2.45, 2.75) is 19.3 Å². The SMILES string of the molecule is C1CC1.N.NC(=O)N(N)N. The Balaban J connectivity index is 0. The van der Waals surface area contributed by atoms with Crippen molar-refractivity contribution < 1.29 is 4.79 Å². The minimum absolute atomic E-state index is 0. The average Bonchev–Trinajstić information content (AvgIpc) is 2.46. The Labute approximate surface area is 59.9 Å². The lowest BCUT2D eigenvalue weighted by molar-refractivity contribution is 0.210. The summed E-state index contributed by atoms with van der Waals surface area (Å²) < 4.78 is 0. The monoisotopic (exact) mass is 149 g/mol. The molecule has 1 fully saturated rings. The van der Waals surface area contributed by atoms with Crippen molar-refractivity contribution in [3.63, 3.8) is 0 Å². The Kier molecular flexibility index (Phi) is 7.46. The summed E-state index contributed by atoms with van der Waals surface area (Å²) in [6.07, 6.45) is 4.50. The van der Waals surface area contributed by atoms with Crippen molar-refractivity contribution in [1.29, 1.82) is 0 Å². The lowest BCUT2D eigenvalue weighted by Gasteiger charge is -2.00. The molecule has 0 aromatic carbocycles. The second kappa shape index (κ2) is 6.27. The molecule has 9 N–H and O–H groups in total. The summed E-state index contributed by atoms with van der Waals surface area (Å²) >= 11 is 0. The maximum atomic E-state index is 9.60. The van der Waals surface area contributed by atoms with E-state index in [4.69, 9.17) is 0 Å². The van der Waals surface area contributed by atoms with Crippen molar-refractivity contribution in [3.05, 3.63) is 0 Å². The van der Waals surface area contributed by atoms with Crippen molar-refractivity contribution in [2.75, 3.05) is 0 Å². The normalized spacial score (nSPS) is 11.8. The molecule has 6 heteroatoms. The summed E-state index contributed by atoms with van der Waals surface area (Å²) in [5.41, 5.74) is 4.47. The van der Waals surface area contributed by atoms with Crippen LogP contribution in [0.2, 0.25) is 0 Å². The predicted molar refractivity (Wildman–Crippen MR) is 38.7 cm³/mol. The van der Waals surface area contributed by atoms with Gasteiger partial charge in [0, 0.05) is 0 Å². The topological polar surface area (TPSA) is 133 Å². The van der Waals surface area contributed by atoms with E-state index in [-0.39, 0.29) is 6.15 Å². The number of urea groups is 1. The number of amides is 2. The Hall–Kier alpha value is -0.850. The average molecular weight is 149 g/mol. The van der Waals surface area contributed by atoms with Crippen LogP contribution in [0, 0.1) is 0 Å². The predicted octanol–water partition coefficient (Wildman–Crippen LogP) is -0.553. The maximum absolute atomic E-state index is 9.60. The van der Waals surface area contributed by atoms with E-state index in [1.807, 2.05) is 0 Å². The van der Waals surface area contributed by atoms with E-state index >= 15 is 0 Å². The first-order chi connectivity index (χ1) is 4.14. The highest BCUT2D eigenvalue weighted by molar-refractivity contribution is 5.70. The quantitative estimate of drug-likeness (QED) is 0.209. The molecule has 0 radical (unpaired) electrons. The minimum Gasteiger partial charge on any atom is -0.349 e. The molecule has 0 aromatic rings. The molecule has 1 aliphatic rings. The molecular weight excluding hydrogens is 134 g/mol. The maximum Gasteiger partial charge on any atom is 0.343 e. The van der Waals surface area contributed by atoms with Crippen molar-refractivity contribution in [1.82, 2.24) is 11.3 Å². The molecule has 6 nitrogen and oxygen atoms in total. The summed E-state index contributed by atoms with van der Waals surface area (Å²) in [6, 6.07) is -0.852. The molecule has 62 valence electrons. The zero-order valence-electron chi connectivity index (χ0n) is 5.92. The molecule has 0 saturated heterocycles. The van der Waals surface area contributed by atoms with E-state index in [1.54, 1.807) is 0 Å². The number of carbonyl (C=O) groups excluding carboxylic acids is 1. The summed E-state index contributed by atoms with van der Waals surface area (Å²) in [4.78, 5) is 9.60. The highest BCUT2D eigenvalue weighted by Crippen LogP contribution is 2.14. The molecule has 0 spiro atoms. The van der Waals surface area contributed by atoms with Gasteiger partial charge in [-0.3, -0.25) is 0 Å². The molecule has 0 unspecified atom stereocenters. The van der Waals surface area contributed by atoms with E-state index in [0.717, 1.165) is 0 Å². The number of hydrogen-bond donors (Lipinski definition) is 4. The van der Waals surface area contributed by atoms with Gasteiger partial charge in [0.25, 0.3) is 0 Å². The van der Waals surface area contributed by atoms with Crippen LogP contribution in [-0.4, -0.2) is 11.1 Å². The number of nitrogens with two attached hydrogens (primary N) is 3. The first-order valence-corrected chi connectivity index (χ1v) is 2.73. The van der Waals surface area contributed by atoms with Crippen LogP contribution in [0.1, 0.15) is 19.3 Å². The van der Waals surface area contributed by atoms with E-state index < -0.39 is 6.03 Å². The molecule has 1 rings (SSSR count). The van der Waals surface area contributed by atoms with Crippen LogP contribution in [0.25, 0.3) is 0 Å². The zero-order valence-corrected chi connectivity index (χ0v) is 5.92. The second-order valence-electron chi connectivity index (χ2n) is 1.81. The first kappa shape index (κ1) is 11.9. The van der Waals surface area contributed by atoms with Crippen LogP contribution in [0.5, 0.6) is 0 Å². The Bertz CT molecular complexity index is 88.9. The van der Waals surface area contributed by atoms with Gasteiger partial charge in [0.2, 0.25) is 0 Å². The number of rotatable bonds is 0. The number of carbonyl (C=O) groups is 1. The van der Waals surface area contributed by atoms with Gasteiger partial charge in [-0.2, -0.15) is 5.12 Å². The number of hydrazine groups is 2. The van der Waals surface area contributed by atoms with E-state index in [1.165, 1.54) is 19.3 Å². The number of primary amides is 1. The van der Waals surface area contributed by atoms with Gasteiger partial charge < -0.3 is 11.9 Å². The van der Waals surface area contributed by atoms with E-state index in [2.05, 4.69) is 17.4 Å². The van der Waals surface area contributed by atoms with Gasteiger partial charge in [0.15, 0.2) is 0 Å². The standard InChI is InChI=1S/C3H6.CH6N4O.H3N/c1-2-3-1;2-1(6)5(3)4;/h1-3H2;3-4H2,(H2,2,6);1H3. The third kappa shape index (κ3) is 15.7. The fraction of sp³-hybridized carbons (Fsp3) is 0.750. The van der Waals surface area contributed by atoms with Crippen molar-refractivity contribution in [3.8, 4) is 0 Å². The van der Waals surface area contributed by atoms with Crippen LogP contribution < -0.4 is 23.6 Å². The Morgan fingerprint density at radius 3 is 1.40 bits per heavy atom. The molecule has 10 heavy (non-hydrogen) atoms. The molecule has 0 aliphatic heterocycles. The highest BCUT2D eigenvalue weighted by atomic mass is 16.2. The van der Waals surface area contributed by atoms with Gasteiger partial charge in [-0.1, -0.05) is 19.3 Å². The molecule has 0 aromatic heterocycles. The molecule has 1 saturated carbocycles. The molecule has 1 aliphatic carbocycles.